The van der Waals surface area contributed by atoms with Crippen LogP contribution < -0.4 is 14.8 Å². The lowest BCUT2D eigenvalue weighted by atomic mass is 10.1. The van der Waals surface area contributed by atoms with Crippen molar-refractivity contribution >= 4 is 11.7 Å². The van der Waals surface area contributed by atoms with Gasteiger partial charge in [0.2, 0.25) is 0 Å². The molecule has 0 atom stereocenters. The number of aryl methyl sites for hydroxylation is 2. The van der Waals surface area contributed by atoms with Gasteiger partial charge in [-0.3, -0.25) is 4.79 Å². The number of carbonyl (C=O) groups excluding carboxylic acids is 1. The lowest BCUT2D eigenvalue weighted by Crippen LogP contribution is -2.17. The highest BCUT2D eigenvalue weighted by molar-refractivity contribution is 6.04. The first-order valence-electron chi connectivity index (χ1n) is 8.63. The number of nitrogens with one attached hydrogen (secondary N) is 1. The molecule has 1 aromatic heterocycles. The summed E-state index contributed by atoms with van der Waals surface area (Å²) in [5.41, 5.74) is 3.61. The Hall–Kier alpha value is -3.28. The SMILES string of the molecule is COc1cccc(Cn2nccc2NC(=O)c2ccc(C)cc2C)c1OC. The van der Waals surface area contributed by atoms with Crippen LogP contribution in [0.4, 0.5) is 5.82 Å². The fourth-order valence-electron chi connectivity index (χ4n) is 3.06. The topological polar surface area (TPSA) is 65.4 Å². The second-order valence-electron chi connectivity index (χ2n) is 6.30. The van der Waals surface area contributed by atoms with E-state index in [1.54, 1.807) is 31.2 Å². The summed E-state index contributed by atoms with van der Waals surface area (Å²) in [5.74, 6) is 1.77. The Kier molecular flexibility index (Phi) is 5.45. The number of para-hydroxylation sites is 1. The molecule has 27 heavy (non-hydrogen) atoms. The molecule has 0 spiro atoms. The normalized spacial score (nSPS) is 10.5. The number of methoxy groups -OCH3 is 2. The third-order valence-corrected chi connectivity index (χ3v) is 4.39. The highest BCUT2D eigenvalue weighted by Crippen LogP contribution is 2.31. The van der Waals surface area contributed by atoms with Crippen LogP contribution in [-0.2, 0) is 6.54 Å². The van der Waals surface area contributed by atoms with Crippen LogP contribution in [0, 0.1) is 13.8 Å². The molecule has 3 rings (SSSR count). The number of anilines is 1. The first-order valence-corrected chi connectivity index (χ1v) is 8.63. The quantitative estimate of drug-likeness (QED) is 0.721. The minimum atomic E-state index is -0.160. The monoisotopic (exact) mass is 365 g/mol. The molecule has 1 N–H and O–H groups in total. The molecule has 0 radical (unpaired) electrons. The van der Waals surface area contributed by atoms with Crippen LogP contribution in [-0.4, -0.2) is 29.9 Å². The molecule has 0 aliphatic heterocycles. The van der Waals surface area contributed by atoms with E-state index in [1.165, 1.54) is 0 Å². The van der Waals surface area contributed by atoms with Gasteiger partial charge in [0.05, 0.1) is 27.0 Å². The van der Waals surface area contributed by atoms with Gasteiger partial charge in [-0.15, -0.1) is 0 Å². The number of hydrogen-bond donors (Lipinski definition) is 1. The summed E-state index contributed by atoms with van der Waals surface area (Å²) in [6.45, 7) is 4.38. The third kappa shape index (κ3) is 3.95. The van der Waals surface area contributed by atoms with Gasteiger partial charge in [-0.05, 0) is 31.5 Å². The Morgan fingerprint density at radius 3 is 2.63 bits per heavy atom. The van der Waals surface area contributed by atoms with Gasteiger partial charge < -0.3 is 14.8 Å². The first-order chi connectivity index (χ1) is 13.0. The van der Waals surface area contributed by atoms with Crippen LogP contribution in [0.25, 0.3) is 0 Å². The molecule has 1 heterocycles. The maximum atomic E-state index is 12.7. The van der Waals surface area contributed by atoms with Crippen molar-refractivity contribution in [2.45, 2.75) is 20.4 Å². The number of nitrogens with zero attached hydrogens (tertiary/aromatic N) is 2. The summed E-state index contributed by atoms with van der Waals surface area (Å²) >= 11 is 0. The predicted octanol–water partition coefficient (Wildman–Crippen LogP) is 3.82. The molecule has 0 fully saturated rings. The summed E-state index contributed by atoms with van der Waals surface area (Å²) in [7, 11) is 3.21. The smallest absolute Gasteiger partial charge is 0.257 e. The van der Waals surface area contributed by atoms with Crippen LogP contribution in [0.15, 0.2) is 48.7 Å². The van der Waals surface area contributed by atoms with Crippen molar-refractivity contribution in [3.63, 3.8) is 0 Å². The van der Waals surface area contributed by atoms with Crippen LogP contribution >= 0.6 is 0 Å². The average molecular weight is 365 g/mol. The number of aromatic nitrogens is 2. The lowest BCUT2D eigenvalue weighted by Gasteiger charge is -2.14. The van der Waals surface area contributed by atoms with Crippen molar-refractivity contribution in [3.05, 3.63) is 70.9 Å². The predicted molar refractivity (Wildman–Crippen MR) is 105 cm³/mol. The second-order valence-corrected chi connectivity index (χ2v) is 6.30. The molecule has 140 valence electrons. The maximum absolute atomic E-state index is 12.7. The van der Waals surface area contributed by atoms with E-state index in [4.69, 9.17) is 9.47 Å². The highest BCUT2D eigenvalue weighted by Gasteiger charge is 2.15. The fourth-order valence-corrected chi connectivity index (χ4v) is 3.06. The van der Waals surface area contributed by atoms with E-state index in [2.05, 4.69) is 10.4 Å². The van der Waals surface area contributed by atoms with Crippen LogP contribution in [0.3, 0.4) is 0 Å². The van der Waals surface area contributed by atoms with Gasteiger partial charge in [0.15, 0.2) is 11.5 Å². The van der Waals surface area contributed by atoms with E-state index in [0.717, 1.165) is 16.7 Å². The van der Waals surface area contributed by atoms with E-state index in [1.807, 2.05) is 50.2 Å². The van der Waals surface area contributed by atoms with E-state index in [-0.39, 0.29) is 5.91 Å². The van der Waals surface area contributed by atoms with Crippen molar-refractivity contribution in [2.24, 2.45) is 0 Å². The molecule has 1 amide bonds. The summed E-state index contributed by atoms with van der Waals surface area (Å²) < 4.78 is 12.5. The zero-order valence-corrected chi connectivity index (χ0v) is 15.9. The van der Waals surface area contributed by atoms with Crippen LogP contribution in [0.2, 0.25) is 0 Å². The summed E-state index contributed by atoms with van der Waals surface area (Å²) in [4.78, 5) is 12.7. The van der Waals surface area contributed by atoms with Gasteiger partial charge >= 0.3 is 0 Å². The Balaban J connectivity index is 1.84. The van der Waals surface area contributed by atoms with Crippen LogP contribution in [0.1, 0.15) is 27.0 Å². The Morgan fingerprint density at radius 1 is 1.11 bits per heavy atom. The van der Waals surface area contributed by atoms with Crippen molar-refractivity contribution in [1.82, 2.24) is 9.78 Å². The van der Waals surface area contributed by atoms with E-state index in [0.29, 0.717) is 29.4 Å². The van der Waals surface area contributed by atoms with Gasteiger partial charge in [0.1, 0.15) is 5.82 Å². The van der Waals surface area contributed by atoms with Crippen molar-refractivity contribution < 1.29 is 14.3 Å². The molecular formula is C21H23N3O3. The van der Waals surface area contributed by atoms with Crippen LogP contribution in [0.5, 0.6) is 11.5 Å². The van der Waals surface area contributed by atoms with E-state index < -0.39 is 0 Å². The first kappa shape index (κ1) is 18.5. The average Bonchev–Trinajstić information content (AvgIpc) is 3.07. The van der Waals surface area contributed by atoms with Gasteiger partial charge in [0, 0.05) is 17.2 Å². The largest absolute Gasteiger partial charge is 0.493 e. The summed E-state index contributed by atoms with van der Waals surface area (Å²) in [6.07, 6.45) is 1.66. The standard InChI is InChI=1S/C21H23N3O3/c1-14-8-9-17(15(2)12-14)21(25)23-19-10-11-22-24(19)13-16-6-5-7-18(26-3)20(16)27-4/h5-12H,13H2,1-4H3,(H,23,25). The minimum Gasteiger partial charge on any atom is -0.493 e. The molecule has 0 bridgehead atoms. The second kappa shape index (κ2) is 7.95. The van der Waals surface area contributed by atoms with E-state index in [9.17, 15) is 4.79 Å². The number of hydrogen-bond acceptors (Lipinski definition) is 4. The molecule has 6 nitrogen and oxygen atoms in total. The number of rotatable bonds is 6. The van der Waals surface area contributed by atoms with Gasteiger partial charge in [0.25, 0.3) is 5.91 Å². The third-order valence-electron chi connectivity index (χ3n) is 4.39. The minimum absolute atomic E-state index is 0.160. The zero-order chi connectivity index (χ0) is 19.4. The molecule has 0 unspecified atom stereocenters. The zero-order valence-electron chi connectivity index (χ0n) is 15.9. The Labute approximate surface area is 158 Å². The number of amides is 1. The molecule has 3 aromatic rings. The Bertz CT molecular complexity index is 963. The molecule has 0 aliphatic rings. The number of benzene rings is 2. The molecule has 2 aromatic carbocycles. The van der Waals surface area contributed by atoms with Gasteiger partial charge in [-0.1, -0.05) is 29.8 Å². The van der Waals surface area contributed by atoms with Crippen molar-refractivity contribution in [2.75, 3.05) is 19.5 Å². The summed E-state index contributed by atoms with van der Waals surface area (Å²) in [6, 6.07) is 13.2. The lowest BCUT2D eigenvalue weighted by molar-refractivity contribution is 0.102. The molecule has 0 saturated heterocycles. The van der Waals surface area contributed by atoms with Gasteiger partial charge in [-0.2, -0.15) is 5.10 Å². The molecular weight excluding hydrogens is 342 g/mol. The molecule has 0 saturated carbocycles. The fraction of sp³-hybridized carbons (Fsp3) is 0.238. The Morgan fingerprint density at radius 2 is 1.93 bits per heavy atom. The van der Waals surface area contributed by atoms with Crippen molar-refractivity contribution in [1.29, 1.82) is 0 Å². The van der Waals surface area contributed by atoms with Gasteiger partial charge in [-0.25, -0.2) is 4.68 Å². The summed E-state index contributed by atoms with van der Waals surface area (Å²) in [5, 5.41) is 7.27. The van der Waals surface area contributed by atoms with E-state index >= 15 is 0 Å². The maximum Gasteiger partial charge on any atom is 0.257 e. The molecule has 6 heteroatoms. The highest BCUT2D eigenvalue weighted by atomic mass is 16.5. The number of carbonyl (C=O) groups is 1. The van der Waals surface area contributed by atoms with Crippen molar-refractivity contribution in [3.8, 4) is 11.5 Å². The molecule has 0 aliphatic carbocycles. The number of ether oxygens (including phenoxy) is 2.